The Labute approximate surface area is 185 Å². The Balaban J connectivity index is 1.12. The molecule has 8 heteroatoms. The minimum absolute atomic E-state index is 0.0192. The second-order valence-corrected chi connectivity index (χ2v) is 8.53. The summed E-state index contributed by atoms with van der Waals surface area (Å²) in [5, 5.41) is 9.29. The van der Waals surface area contributed by atoms with Gasteiger partial charge in [0.2, 0.25) is 5.91 Å². The van der Waals surface area contributed by atoms with E-state index in [2.05, 4.69) is 16.0 Å². The van der Waals surface area contributed by atoms with Crippen LogP contribution in [0.15, 0.2) is 57.7 Å². The quantitative estimate of drug-likeness (QED) is 0.572. The average molecular weight is 434 g/mol. The molecule has 1 aliphatic carbocycles. The number of para-hydroxylation sites is 3. The second kappa shape index (κ2) is 8.53. The number of fused-ring (bicyclic) bond motifs is 2. The Morgan fingerprint density at radius 2 is 1.75 bits per heavy atom. The number of carbonyl (C=O) groups excluding carboxylic acids is 2. The molecule has 0 radical (unpaired) electrons. The maximum atomic E-state index is 12.5. The van der Waals surface area contributed by atoms with Gasteiger partial charge >= 0.3 is 5.76 Å². The number of nitrogens with one attached hydrogen (secondary N) is 3. The Hall–Kier alpha value is -3.55. The van der Waals surface area contributed by atoms with E-state index in [-0.39, 0.29) is 35.8 Å². The summed E-state index contributed by atoms with van der Waals surface area (Å²) in [4.78, 5) is 37.0. The number of benzene rings is 2. The molecular weight excluding hydrogens is 408 g/mol. The Morgan fingerprint density at radius 1 is 1.00 bits per heavy atom. The van der Waals surface area contributed by atoms with E-state index in [9.17, 15) is 14.4 Å². The second-order valence-electron chi connectivity index (χ2n) is 8.53. The van der Waals surface area contributed by atoms with Gasteiger partial charge < -0.3 is 20.4 Å². The lowest BCUT2D eigenvalue weighted by atomic mass is 9.90. The molecule has 0 spiro atoms. The summed E-state index contributed by atoms with van der Waals surface area (Å²) in [6.45, 7) is 0. The van der Waals surface area contributed by atoms with Gasteiger partial charge in [-0.15, -0.1) is 0 Å². The zero-order chi connectivity index (χ0) is 22.1. The van der Waals surface area contributed by atoms with Crippen LogP contribution < -0.4 is 21.7 Å². The summed E-state index contributed by atoms with van der Waals surface area (Å²) < 4.78 is 7.12. The standard InChI is InChI=1S/C24H26N4O4/c29-22(14-13-21-26-18-6-2-1-5-17(18)23(30)27-21)25-15-9-11-16(12-10-15)28-19-7-3-4-8-20(19)32-24(28)31/h1-8,15-16,21,26H,9-14H2,(H,25,29)(H,27,30). The third-order valence-corrected chi connectivity index (χ3v) is 6.41. The molecule has 2 heterocycles. The molecule has 1 aliphatic heterocycles. The van der Waals surface area contributed by atoms with E-state index in [0.29, 0.717) is 24.0 Å². The Morgan fingerprint density at radius 3 is 2.59 bits per heavy atom. The topological polar surface area (TPSA) is 105 Å². The molecule has 1 atom stereocenters. The monoisotopic (exact) mass is 434 g/mol. The summed E-state index contributed by atoms with van der Waals surface area (Å²) >= 11 is 0. The van der Waals surface area contributed by atoms with Crippen LogP contribution in [0.3, 0.4) is 0 Å². The van der Waals surface area contributed by atoms with Crippen LogP contribution in [0.1, 0.15) is 54.9 Å². The van der Waals surface area contributed by atoms with Crippen molar-refractivity contribution in [2.45, 2.75) is 56.8 Å². The molecule has 3 aromatic rings. The fraction of sp³-hybridized carbons (Fsp3) is 0.375. The van der Waals surface area contributed by atoms with E-state index in [1.54, 1.807) is 16.7 Å². The first-order chi connectivity index (χ1) is 15.6. The van der Waals surface area contributed by atoms with Gasteiger partial charge in [-0.2, -0.15) is 0 Å². The molecule has 2 aliphatic rings. The number of rotatable bonds is 5. The fourth-order valence-corrected chi connectivity index (χ4v) is 4.79. The molecule has 5 rings (SSSR count). The van der Waals surface area contributed by atoms with Crippen molar-refractivity contribution >= 4 is 28.6 Å². The Kier molecular flexibility index (Phi) is 5.43. The summed E-state index contributed by atoms with van der Waals surface area (Å²) in [7, 11) is 0. The van der Waals surface area contributed by atoms with Crippen molar-refractivity contribution in [1.29, 1.82) is 0 Å². The zero-order valence-corrected chi connectivity index (χ0v) is 17.7. The van der Waals surface area contributed by atoms with Gasteiger partial charge in [0.1, 0.15) is 0 Å². The Bertz CT molecular complexity index is 1210. The lowest BCUT2D eigenvalue weighted by Crippen LogP contribution is -2.46. The van der Waals surface area contributed by atoms with Crippen molar-refractivity contribution < 1.29 is 14.0 Å². The summed E-state index contributed by atoms with van der Waals surface area (Å²) in [6.07, 6.45) is 3.82. The highest BCUT2D eigenvalue weighted by atomic mass is 16.4. The molecule has 1 aromatic heterocycles. The third kappa shape index (κ3) is 4.00. The number of aromatic nitrogens is 1. The molecule has 1 saturated carbocycles. The van der Waals surface area contributed by atoms with E-state index in [1.807, 2.05) is 36.4 Å². The maximum Gasteiger partial charge on any atom is 0.420 e. The van der Waals surface area contributed by atoms with Crippen LogP contribution in [0, 0.1) is 0 Å². The van der Waals surface area contributed by atoms with E-state index in [0.717, 1.165) is 36.9 Å². The molecule has 3 N–H and O–H groups in total. The molecule has 166 valence electrons. The summed E-state index contributed by atoms with van der Waals surface area (Å²) in [6, 6.07) is 15.0. The van der Waals surface area contributed by atoms with Gasteiger partial charge in [-0.05, 0) is 56.4 Å². The van der Waals surface area contributed by atoms with Crippen LogP contribution in [-0.4, -0.2) is 28.6 Å². The van der Waals surface area contributed by atoms with E-state index in [4.69, 9.17) is 4.42 Å². The van der Waals surface area contributed by atoms with Crippen molar-refractivity contribution in [2.24, 2.45) is 0 Å². The number of oxazole rings is 1. The van der Waals surface area contributed by atoms with Crippen LogP contribution in [0.25, 0.3) is 11.1 Å². The molecule has 2 aromatic carbocycles. The third-order valence-electron chi connectivity index (χ3n) is 6.41. The van der Waals surface area contributed by atoms with E-state index >= 15 is 0 Å². The van der Waals surface area contributed by atoms with Crippen molar-refractivity contribution in [1.82, 2.24) is 15.2 Å². The molecule has 0 saturated heterocycles. The van der Waals surface area contributed by atoms with Gasteiger partial charge in [-0.25, -0.2) is 4.79 Å². The van der Waals surface area contributed by atoms with Gasteiger partial charge in [0.25, 0.3) is 5.91 Å². The predicted molar refractivity (Wildman–Crippen MR) is 120 cm³/mol. The van der Waals surface area contributed by atoms with Crippen molar-refractivity contribution in [3.8, 4) is 0 Å². The first-order valence-electron chi connectivity index (χ1n) is 11.1. The van der Waals surface area contributed by atoms with Crippen molar-refractivity contribution in [2.75, 3.05) is 5.32 Å². The maximum absolute atomic E-state index is 12.5. The average Bonchev–Trinajstić information content (AvgIpc) is 3.14. The smallest absolute Gasteiger partial charge is 0.408 e. The number of nitrogens with zero attached hydrogens (tertiary/aromatic N) is 1. The summed E-state index contributed by atoms with van der Waals surface area (Å²) in [5.41, 5.74) is 2.85. The SMILES string of the molecule is O=C(CCC1NC(=O)c2ccccc2N1)NC1CCC(n2c(=O)oc3ccccc32)CC1. The minimum Gasteiger partial charge on any atom is -0.408 e. The van der Waals surface area contributed by atoms with Gasteiger partial charge in [-0.3, -0.25) is 14.2 Å². The highest BCUT2D eigenvalue weighted by Gasteiger charge is 2.27. The molecule has 32 heavy (non-hydrogen) atoms. The predicted octanol–water partition coefficient (Wildman–Crippen LogP) is 3.16. The van der Waals surface area contributed by atoms with Crippen LogP contribution >= 0.6 is 0 Å². The molecule has 8 nitrogen and oxygen atoms in total. The number of hydrogen-bond donors (Lipinski definition) is 3. The lowest BCUT2D eigenvalue weighted by molar-refractivity contribution is -0.122. The van der Waals surface area contributed by atoms with E-state index < -0.39 is 0 Å². The van der Waals surface area contributed by atoms with Crippen molar-refractivity contribution in [3.63, 3.8) is 0 Å². The molecular formula is C24H26N4O4. The van der Waals surface area contributed by atoms with Gasteiger partial charge in [0, 0.05) is 24.2 Å². The zero-order valence-electron chi connectivity index (χ0n) is 17.7. The van der Waals surface area contributed by atoms with Crippen LogP contribution in [0.5, 0.6) is 0 Å². The largest absolute Gasteiger partial charge is 0.420 e. The first kappa shape index (κ1) is 20.4. The minimum atomic E-state index is -0.317. The van der Waals surface area contributed by atoms with Crippen LogP contribution in [0.4, 0.5) is 5.69 Å². The number of hydrogen-bond acceptors (Lipinski definition) is 5. The molecule has 0 bridgehead atoms. The first-order valence-corrected chi connectivity index (χ1v) is 11.1. The normalized spacial score (nSPS) is 22.6. The molecule has 1 unspecified atom stereocenters. The van der Waals surface area contributed by atoms with Crippen LogP contribution in [-0.2, 0) is 4.79 Å². The van der Waals surface area contributed by atoms with Gasteiger partial charge in [-0.1, -0.05) is 24.3 Å². The van der Waals surface area contributed by atoms with Crippen LogP contribution in [0.2, 0.25) is 0 Å². The van der Waals surface area contributed by atoms with E-state index in [1.165, 1.54) is 0 Å². The number of anilines is 1. The summed E-state index contributed by atoms with van der Waals surface area (Å²) in [5.74, 6) is -0.457. The number of amides is 2. The number of carbonyl (C=O) groups is 2. The molecule has 2 amide bonds. The molecule has 1 fully saturated rings. The highest BCUT2D eigenvalue weighted by Crippen LogP contribution is 2.30. The highest BCUT2D eigenvalue weighted by molar-refractivity contribution is 6.01. The van der Waals surface area contributed by atoms with Crippen molar-refractivity contribution in [3.05, 3.63) is 64.6 Å². The lowest BCUT2D eigenvalue weighted by Gasteiger charge is -2.30. The van der Waals surface area contributed by atoms with Gasteiger partial charge in [0.05, 0.1) is 17.2 Å². The van der Waals surface area contributed by atoms with Gasteiger partial charge in [0.15, 0.2) is 5.58 Å². The fourth-order valence-electron chi connectivity index (χ4n) is 4.79.